The second-order valence-corrected chi connectivity index (χ2v) is 20.2. The van der Waals surface area contributed by atoms with Crippen molar-refractivity contribution in [3.63, 3.8) is 0 Å². The van der Waals surface area contributed by atoms with E-state index >= 15 is 0 Å². The van der Waals surface area contributed by atoms with E-state index in [4.69, 9.17) is 0 Å². The number of carbonyl (C=O) groups is 4. The van der Waals surface area contributed by atoms with Crippen molar-refractivity contribution in [2.75, 3.05) is 53.6 Å². The molecular weight excluding hydrogens is 672 g/mol. The summed E-state index contributed by atoms with van der Waals surface area (Å²) in [5, 5.41) is 10.9. The summed E-state index contributed by atoms with van der Waals surface area (Å²) >= 11 is 0. The normalized spacial score (nSPS) is 22.5. The molecule has 1 aliphatic heterocycles. The number of halogens is 2. The van der Waals surface area contributed by atoms with Gasteiger partial charge in [-0.3, -0.25) is 14.4 Å². The average Bonchev–Trinajstić information content (AvgIpc) is 3.23. The van der Waals surface area contributed by atoms with Crippen LogP contribution >= 0.6 is 0 Å². The van der Waals surface area contributed by atoms with Gasteiger partial charge in [0.1, 0.15) is 18.1 Å². The first-order valence-corrected chi connectivity index (χ1v) is 19.0. The Morgan fingerprint density at radius 3 is 1.94 bits per heavy atom. The third kappa shape index (κ3) is 11.5. The van der Waals surface area contributed by atoms with E-state index in [2.05, 4.69) is 21.3 Å². The Morgan fingerprint density at radius 2 is 1.48 bits per heavy atom. The first-order valence-electron chi connectivity index (χ1n) is 17.2. The van der Waals surface area contributed by atoms with Gasteiger partial charge in [-0.15, -0.1) is 0 Å². The fourth-order valence-corrected chi connectivity index (χ4v) is 7.34. The van der Waals surface area contributed by atoms with E-state index in [0.717, 1.165) is 10.6 Å². The number of likely N-dealkylation sites (tertiary alicyclic amines) is 1. The van der Waals surface area contributed by atoms with Crippen LogP contribution in [-0.4, -0.2) is 130 Å². The average molecular weight is 736 g/mol. The molecule has 0 aromatic heterocycles. The van der Waals surface area contributed by atoms with E-state index in [-0.39, 0.29) is 42.3 Å². The minimum atomic E-state index is -3.53. The lowest BCUT2D eigenvalue weighted by atomic mass is 9.85. The van der Waals surface area contributed by atoms with Gasteiger partial charge in [0.05, 0.1) is 6.26 Å². The molecule has 50 heavy (non-hydrogen) atoms. The molecular formula is C34H63F2N7O6S. The molecule has 4 N–H and O–H groups in total. The summed E-state index contributed by atoms with van der Waals surface area (Å²) in [6, 6.07) is -4.97. The summed E-state index contributed by atoms with van der Waals surface area (Å²) in [7, 11) is 1.67. The third-order valence-electron chi connectivity index (χ3n) is 10.0. The van der Waals surface area contributed by atoms with Gasteiger partial charge in [-0.05, 0) is 47.6 Å². The van der Waals surface area contributed by atoms with Crippen molar-refractivity contribution in [2.45, 2.75) is 106 Å². The lowest BCUT2D eigenvalue weighted by molar-refractivity contribution is -0.144. The van der Waals surface area contributed by atoms with E-state index in [1.54, 1.807) is 20.8 Å². The van der Waals surface area contributed by atoms with E-state index < -0.39 is 81.6 Å². The standard InChI is InChI=1S/C34H63F2N7O6S/c1-31(2,3)22(17-42(13)50(14,48)49)39-30(47)40-26(32(4,5)6)29(46)43-16-20-24(34(20,9)10)25(43)28(45)38-21(15-23(35)36)27(44)37-18-33(7,8)19-41(11)12/h20-26H,15-19H2,1-14H3,(H,37,44)(H,38,45)(H2,39,40,47)/t20-,21-,22+,24-,25-,26+/m0/s1. The monoisotopic (exact) mass is 735 g/mol. The number of sulfonamides is 1. The molecule has 0 spiro atoms. The third-order valence-corrected chi connectivity index (χ3v) is 11.3. The highest BCUT2D eigenvalue weighted by atomic mass is 32.2. The Labute approximate surface area is 298 Å². The maximum absolute atomic E-state index is 14.3. The van der Waals surface area contributed by atoms with Crippen LogP contribution in [0.1, 0.15) is 75.7 Å². The molecule has 1 heterocycles. The summed E-state index contributed by atoms with van der Waals surface area (Å²) in [6.07, 6.45) is -2.68. The van der Waals surface area contributed by atoms with Crippen molar-refractivity contribution in [1.82, 2.24) is 35.4 Å². The van der Waals surface area contributed by atoms with Gasteiger partial charge in [-0.2, -0.15) is 0 Å². The molecule has 0 bridgehead atoms. The minimum Gasteiger partial charge on any atom is -0.354 e. The number of hydrogen-bond acceptors (Lipinski definition) is 7. The molecule has 6 atom stereocenters. The number of rotatable bonds is 15. The van der Waals surface area contributed by atoms with Crippen LogP contribution in [0.5, 0.6) is 0 Å². The molecule has 2 aliphatic rings. The smallest absolute Gasteiger partial charge is 0.315 e. The molecule has 290 valence electrons. The molecule has 5 amide bonds. The molecule has 1 saturated heterocycles. The number of nitrogens with zero attached hydrogens (tertiary/aromatic N) is 3. The highest BCUT2D eigenvalue weighted by Crippen LogP contribution is 2.65. The van der Waals surface area contributed by atoms with Crippen molar-refractivity contribution in [1.29, 1.82) is 0 Å². The van der Waals surface area contributed by atoms with Gasteiger partial charge in [-0.25, -0.2) is 26.3 Å². The Morgan fingerprint density at radius 1 is 0.920 bits per heavy atom. The van der Waals surface area contributed by atoms with Crippen LogP contribution in [0.25, 0.3) is 0 Å². The lowest BCUT2D eigenvalue weighted by Crippen LogP contribution is -2.63. The Balaban J connectivity index is 2.33. The fourth-order valence-electron chi connectivity index (χ4n) is 6.92. The highest BCUT2D eigenvalue weighted by Gasteiger charge is 2.70. The second-order valence-electron chi connectivity index (χ2n) is 18.1. The van der Waals surface area contributed by atoms with E-state index in [1.807, 2.05) is 67.5 Å². The van der Waals surface area contributed by atoms with Crippen LogP contribution in [0.3, 0.4) is 0 Å². The van der Waals surface area contributed by atoms with Crippen LogP contribution in [0.4, 0.5) is 13.6 Å². The minimum absolute atomic E-state index is 0.00277. The Bertz CT molecular complexity index is 1360. The number of alkyl halides is 2. The summed E-state index contributed by atoms with van der Waals surface area (Å²) in [4.78, 5) is 58.3. The number of nitrogens with one attached hydrogen (secondary N) is 4. The molecule has 1 aliphatic carbocycles. The van der Waals surface area contributed by atoms with Crippen molar-refractivity contribution >= 4 is 33.8 Å². The zero-order chi connectivity index (χ0) is 38.9. The zero-order valence-electron chi connectivity index (χ0n) is 32.5. The van der Waals surface area contributed by atoms with Gasteiger partial charge in [0.25, 0.3) is 0 Å². The van der Waals surface area contributed by atoms with Gasteiger partial charge < -0.3 is 31.1 Å². The van der Waals surface area contributed by atoms with Crippen molar-refractivity contribution < 1.29 is 36.4 Å². The summed E-state index contributed by atoms with van der Waals surface area (Å²) in [5.74, 6) is -2.25. The molecule has 0 radical (unpaired) electrons. The SMILES string of the molecule is CN(C)CC(C)(C)CNC(=O)[C@H](CC(F)F)NC(=O)[C@@H]1[C@@H]2[C@H](CN1C(=O)[C@@H](NC(=O)N[C@H](CN(C)S(C)(=O)=O)C(C)(C)C)C(C)(C)C)C2(C)C. The topological polar surface area (TPSA) is 160 Å². The molecule has 2 fully saturated rings. The molecule has 2 rings (SSSR count). The van der Waals surface area contributed by atoms with Crippen LogP contribution in [0, 0.1) is 33.5 Å². The van der Waals surface area contributed by atoms with Gasteiger partial charge in [-0.1, -0.05) is 69.2 Å². The molecule has 16 heteroatoms. The van der Waals surface area contributed by atoms with Gasteiger partial charge >= 0.3 is 6.03 Å². The molecule has 0 aromatic rings. The number of fused-ring (bicyclic) bond motifs is 1. The molecule has 1 saturated carbocycles. The van der Waals surface area contributed by atoms with Gasteiger partial charge in [0.2, 0.25) is 34.2 Å². The van der Waals surface area contributed by atoms with Crippen LogP contribution in [0.15, 0.2) is 0 Å². The van der Waals surface area contributed by atoms with E-state index in [0.29, 0.717) is 6.54 Å². The summed E-state index contributed by atoms with van der Waals surface area (Å²) in [6.45, 7) is 19.7. The van der Waals surface area contributed by atoms with Gasteiger partial charge in [0, 0.05) is 45.7 Å². The van der Waals surface area contributed by atoms with Crippen LogP contribution in [-0.2, 0) is 24.4 Å². The summed E-state index contributed by atoms with van der Waals surface area (Å²) in [5.41, 5.74) is -2.04. The number of carbonyl (C=O) groups excluding carboxylic acids is 4. The van der Waals surface area contributed by atoms with Crippen molar-refractivity contribution in [2.24, 2.45) is 33.5 Å². The number of piperidine rings is 1. The Hall–Kier alpha value is -2.59. The first-order chi connectivity index (χ1) is 22.4. The number of hydrogen-bond donors (Lipinski definition) is 4. The molecule has 0 aromatic carbocycles. The number of amides is 5. The first kappa shape index (κ1) is 43.6. The number of likely N-dealkylation sites (N-methyl/N-ethyl adjacent to an activating group) is 1. The van der Waals surface area contributed by atoms with Crippen molar-refractivity contribution in [3.8, 4) is 0 Å². The molecule has 13 nitrogen and oxygen atoms in total. The van der Waals surface area contributed by atoms with E-state index in [1.165, 1.54) is 11.9 Å². The predicted molar refractivity (Wildman–Crippen MR) is 190 cm³/mol. The maximum atomic E-state index is 14.3. The molecule has 0 unspecified atom stereocenters. The quantitative estimate of drug-likeness (QED) is 0.201. The van der Waals surface area contributed by atoms with E-state index in [9.17, 15) is 36.4 Å². The second kappa shape index (κ2) is 15.6. The summed E-state index contributed by atoms with van der Waals surface area (Å²) < 4.78 is 52.8. The zero-order valence-corrected chi connectivity index (χ0v) is 33.3. The fraction of sp³-hybridized carbons (Fsp3) is 0.882. The Kier molecular flexibility index (Phi) is 13.6. The highest BCUT2D eigenvalue weighted by molar-refractivity contribution is 7.88. The lowest BCUT2D eigenvalue weighted by Gasteiger charge is -2.39. The van der Waals surface area contributed by atoms with Crippen molar-refractivity contribution in [3.05, 3.63) is 0 Å². The largest absolute Gasteiger partial charge is 0.354 e. The maximum Gasteiger partial charge on any atom is 0.315 e. The van der Waals surface area contributed by atoms with Gasteiger partial charge in [0.15, 0.2) is 0 Å². The number of urea groups is 1. The van der Waals surface area contributed by atoms with Crippen LogP contribution < -0.4 is 21.3 Å². The predicted octanol–water partition coefficient (Wildman–Crippen LogP) is 2.33. The van der Waals surface area contributed by atoms with Crippen LogP contribution in [0.2, 0.25) is 0 Å².